The van der Waals surface area contributed by atoms with Crippen LogP contribution >= 0.6 is 11.6 Å². The molecule has 6 nitrogen and oxygen atoms in total. The Morgan fingerprint density at radius 2 is 1.70 bits per heavy atom. The highest BCUT2D eigenvalue weighted by Gasteiger charge is 2.44. The zero-order valence-electron chi connectivity index (χ0n) is 18.1. The summed E-state index contributed by atoms with van der Waals surface area (Å²) in [6.45, 7) is 1.59. The molecule has 7 heteroatoms. The van der Waals surface area contributed by atoms with Crippen LogP contribution in [0.4, 0.5) is 0 Å². The lowest BCUT2D eigenvalue weighted by Crippen LogP contribution is -2.56. The van der Waals surface area contributed by atoms with E-state index in [-0.39, 0.29) is 0 Å². The molecular formula is C26H26ClNO5. The molecule has 4 N–H and O–H groups in total. The number of hydrogen-bond acceptors (Lipinski definition) is 5. The molecule has 1 aliphatic rings. The van der Waals surface area contributed by atoms with Crippen molar-refractivity contribution < 1.29 is 25.2 Å². The summed E-state index contributed by atoms with van der Waals surface area (Å²) < 4.78 is 7.50. The van der Waals surface area contributed by atoms with Gasteiger partial charge in [-0.05, 0) is 41.3 Å². The second kappa shape index (κ2) is 8.72. The monoisotopic (exact) mass is 467 g/mol. The molecule has 1 aliphatic heterocycles. The zero-order valence-corrected chi connectivity index (χ0v) is 18.9. The van der Waals surface area contributed by atoms with Gasteiger partial charge in [0.1, 0.15) is 24.4 Å². The second-order valence-corrected chi connectivity index (χ2v) is 9.19. The summed E-state index contributed by atoms with van der Waals surface area (Å²) in [6.07, 6.45) is -3.80. The topological polar surface area (TPSA) is 95.1 Å². The quantitative estimate of drug-likeness (QED) is 0.369. The van der Waals surface area contributed by atoms with Crippen molar-refractivity contribution in [3.8, 4) is 0 Å². The Morgan fingerprint density at radius 3 is 2.48 bits per heavy atom. The summed E-state index contributed by atoms with van der Waals surface area (Å²) >= 11 is 6.55. The normalized spacial score (nSPS) is 25.7. The summed E-state index contributed by atoms with van der Waals surface area (Å²) in [5.41, 5.74) is 3.98. The van der Waals surface area contributed by atoms with Crippen molar-refractivity contribution in [3.05, 3.63) is 82.5 Å². The van der Waals surface area contributed by atoms with E-state index in [9.17, 15) is 20.4 Å². The molecule has 0 spiro atoms. The lowest BCUT2D eigenvalue weighted by Gasteiger charge is -2.40. The van der Waals surface area contributed by atoms with Crippen LogP contribution in [0.1, 0.15) is 22.9 Å². The molecule has 0 bridgehead atoms. The predicted octanol–water partition coefficient (Wildman–Crippen LogP) is 3.32. The number of aliphatic hydroxyl groups is 4. The SMILES string of the molecule is Cc1ccc2cc(Cc3cn([C@@H]4O[C@H](CO)[C@@H](O)[C@H](O)[C@H]4O)c4c(Cl)cccc34)ccc2c1. The Balaban J connectivity index is 1.58. The van der Waals surface area contributed by atoms with E-state index in [1.807, 2.05) is 18.3 Å². The Labute approximate surface area is 196 Å². The van der Waals surface area contributed by atoms with Crippen molar-refractivity contribution in [2.45, 2.75) is 44.0 Å². The van der Waals surface area contributed by atoms with Crippen LogP contribution in [-0.4, -0.2) is 56.0 Å². The number of fused-ring (bicyclic) bond motifs is 2. The summed E-state index contributed by atoms with van der Waals surface area (Å²) in [7, 11) is 0. The summed E-state index contributed by atoms with van der Waals surface area (Å²) in [5, 5.41) is 44.5. The van der Waals surface area contributed by atoms with Gasteiger partial charge < -0.3 is 29.7 Å². The van der Waals surface area contributed by atoms with Gasteiger partial charge >= 0.3 is 0 Å². The van der Waals surface area contributed by atoms with Gasteiger partial charge in [-0.2, -0.15) is 0 Å². The molecule has 3 aromatic carbocycles. The molecule has 33 heavy (non-hydrogen) atoms. The van der Waals surface area contributed by atoms with Crippen LogP contribution in [0, 0.1) is 6.92 Å². The number of aryl methyl sites for hydroxylation is 1. The maximum atomic E-state index is 10.7. The number of aliphatic hydroxyl groups excluding tert-OH is 4. The van der Waals surface area contributed by atoms with Crippen LogP contribution in [-0.2, 0) is 11.2 Å². The van der Waals surface area contributed by atoms with E-state index in [4.69, 9.17) is 16.3 Å². The van der Waals surface area contributed by atoms with E-state index in [1.165, 1.54) is 10.9 Å². The molecule has 5 atom stereocenters. The summed E-state index contributed by atoms with van der Waals surface area (Å²) in [5.74, 6) is 0. The van der Waals surface area contributed by atoms with E-state index in [2.05, 4.69) is 43.3 Å². The van der Waals surface area contributed by atoms with E-state index in [0.717, 1.165) is 21.9 Å². The number of rotatable bonds is 4. The Hall–Kier alpha value is -2.45. The predicted molar refractivity (Wildman–Crippen MR) is 127 cm³/mol. The number of para-hydroxylation sites is 1. The van der Waals surface area contributed by atoms with E-state index in [1.54, 1.807) is 10.6 Å². The minimum Gasteiger partial charge on any atom is -0.394 e. The van der Waals surface area contributed by atoms with Gasteiger partial charge in [-0.1, -0.05) is 65.7 Å². The summed E-state index contributed by atoms with van der Waals surface area (Å²) in [6, 6.07) is 18.3. The third-order valence-corrected chi connectivity index (χ3v) is 6.79. The van der Waals surface area contributed by atoms with Crippen molar-refractivity contribution in [1.29, 1.82) is 0 Å². The van der Waals surface area contributed by atoms with Gasteiger partial charge in [-0.3, -0.25) is 0 Å². The molecule has 1 fully saturated rings. The highest BCUT2D eigenvalue weighted by molar-refractivity contribution is 6.35. The van der Waals surface area contributed by atoms with Gasteiger partial charge in [-0.25, -0.2) is 0 Å². The molecule has 4 aromatic rings. The first-order valence-electron chi connectivity index (χ1n) is 10.9. The van der Waals surface area contributed by atoms with Gasteiger partial charge in [0.2, 0.25) is 0 Å². The van der Waals surface area contributed by atoms with E-state index in [0.29, 0.717) is 17.0 Å². The van der Waals surface area contributed by atoms with Crippen LogP contribution in [0.25, 0.3) is 21.7 Å². The first-order chi connectivity index (χ1) is 15.9. The number of ether oxygens (including phenoxy) is 1. The smallest absolute Gasteiger partial charge is 0.163 e. The largest absolute Gasteiger partial charge is 0.394 e. The molecule has 5 rings (SSSR count). The molecule has 0 aliphatic carbocycles. The number of nitrogens with zero attached hydrogens (tertiary/aromatic N) is 1. The minimum atomic E-state index is -1.46. The molecule has 172 valence electrons. The lowest BCUT2D eigenvalue weighted by molar-refractivity contribution is -0.250. The van der Waals surface area contributed by atoms with Crippen LogP contribution in [0.2, 0.25) is 5.02 Å². The van der Waals surface area contributed by atoms with Gasteiger partial charge in [0, 0.05) is 11.6 Å². The molecule has 2 heterocycles. The average Bonchev–Trinajstić information content (AvgIpc) is 3.17. The third-order valence-electron chi connectivity index (χ3n) is 6.48. The zero-order chi connectivity index (χ0) is 23.3. The summed E-state index contributed by atoms with van der Waals surface area (Å²) in [4.78, 5) is 0. The van der Waals surface area contributed by atoms with Crippen molar-refractivity contribution in [2.24, 2.45) is 0 Å². The molecule has 1 saturated heterocycles. The van der Waals surface area contributed by atoms with Gasteiger partial charge in [0.25, 0.3) is 0 Å². The highest BCUT2D eigenvalue weighted by Crippen LogP contribution is 2.37. The van der Waals surface area contributed by atoms with E-state index >= 15 is 0 Å². The Bertz CT molecular complexity index is 1320. The first-order valence-corrected chi connectivity index (χ1v) is 11.3. The fourth-order valence-electron chi connectivity index (χ4n) is 4.74. The minimum absolute atomic E-state index is 0.477. The van der Waals surface area contributed by atoms with Crippen molar-refractivity contribution >= 4 is 33.3 Å². The highest BCUT2D eigenvalue weighted by atomic mass is 35.5. The second-order valence-electron chi connectivity index (χ2n) is 8.78. The third kappa shape index (κ3) is 3.93. The van der Waals surface area contributed by atoms with Gasteiger partial charge in [0.15, 0.2) is 6.23 Å². The molecule has 0 unspecified atom stereocenters. The standard InChI is InChI=1S/C26H26ClNO5/c1-14-5-7-17-10-15(6-8-16(17)9-14)11-18-12-28(22-19(18)3-2-4-20(22)27)26-25(32)24(31)23(30)21(13-29)33-26/h2-10,12,21,23-26,29-32H,11,13H2,1H3/t21-,23-,24+,25-,26-/m1/s1. The maximum Gasteiger partial charge on any atom is 0.163 e. The van der Waals surface area contributed by atoms with Gasteiger partial charge in [0.05, 0.1) is 17.1 Å². The maximum absolute atomic E-state index is 10.7. The first kappa shape index (κ1) is 22.3. The molecule has 0 radical (unpaired) electrons. The van der Waals surface area contributed by atoms with Crippen molar-refractivity contribution in [1.82, 2.24) is 4.57 Å². The fourth-order valence-corrected chi connectivity index (χ4v) is 5.01. The lowest BCUT2D eigenvalue weighted by atomic mass is 9.98. The molecule has 1 aromatic heterocycles. The Kier molecular flexibility index (Phi) is 5.91. The van der Waals surface area contributed by atoms with Crippen molar-refractivity contribution in [3.63, 3.8) is 0 Å². The van der Waals surface area contributed by atoms with Crippen LogP contribution in [0.15, 0.2) is 60.8 Å². The van der Waals surface area contributed by atoms with Crippen molar-refractivity contribution in [2.75, 3.05) is 6.61 Å². The van der Waals surface area contributed by atoms with Crippen LogP contribution < -0.4 is 0 Å². The molecule has 0 amide bonds. The van der Waals surface area contributed by atoms with Crippen LogP contribution in [0.5, 0.6) is 0 Å². The van der Waals surface area contributed by atoms with E-state index < -0.39 is 37.3 Å². The number of benzene rings is 3. The molecular weight excluding hydrogens is 442 g/mol. The average molecular weight is 468 g/mol. The number of halogens is 1. The Morgan fingerprint density at radius 1 is 0.939 bits per heavy atom. The number of hydrogen-bond donors (Lipinski definition) is 4. The van der Waals surface area contributed by atoms with Gasteiger partial charge in [-0.15, -0.1) is 0 Å². The number of aromatic nitrogens is 1. The fraction of sp³-hybridized carbons (Fsp3) is 0.308. The molecule has 0 saturated carbocycles. The van der Waals surface area contributed by atoms with Crippen LogP contribution in [0.3, 0.4) is 0 Å².